The topological polar surface area (TPSA) is 211 Å². The maximum atomic E-state index is 10.7. The van der Waals surface area contributed by atoms with Crippen molar-refractivity contribution in [3.8, 4) is 0 Å². The molecule has 0 aliphatic heterocycles. The minimum atomic E-state index is -6.09. The van der Waals surface area contributed by atoms with Gasteiger partial charge in [0, 0.05) is 79.5 Å². The van der Waals surface area contributed by atoms with Gasteiger partial charge in [-0.1, -0.05) is 36.4 Å². The average molecular weight is 1150 g/mol. The number of hydrogen-bond donors (Lipinski definition) is 0. The van der Waals surface area contributed by atoms with Gasteiger partial charge in [0.2, 0.25) is 0 Å². The fourth-order valence-corrected chi connectivity index (χ4v) is 10.0. The third-order valence-electron chi connectivity index (χ3n) is 8.32. The first kappa shape index (κ1) is 63.1. The van der Waals surface area contributed by atoms with E-state index in [4.69, 9.17) is 49.1 Å². The molecule has 0 fully saturated rings. The molecule has 6 heterocycles. The molecule has 0 amide bonds. The van der Waals surface area contributed by atoms with Crippen molar-refractivity contribution in [1.82, 2.24) is 29.9 Å². The molecule has 70 heavy (non-hydrogen) atoms. The molecular weight excluding hydrogens is 1100 g/mol. The molecule has 0 unspecified atom stereocenters. The molecule has 0 aromatic carbocycles. The Kier molecular flexibility index (Phi) is 27.1. The summed E-state index contributed by atoms with van der Waals surface area (Å²) in [5.74, 6) is 5.51. The molecule has 0 atom stereocenters. The zero-order valence-electron chi connectivity index (χ0n) is 37.6. The van der Waals surface area contributed by atoms with Gasteiger partial charge in [0.05, 0.1) is 5.34 Å². The van der Waals surface area contributed by atoms with Crippen LogP contribution >= 0.6 is 39.9 Å². The predicted molar refractivity (Wildman–Crippen MR) is 261 cm³/mol. The predicted octanol–water partition coefficient (Wildman–Crippen LogP) is 8.60. The van der Waals surface area contributed by atoms with Crippen molar-refractivity contribution in [3.63, 3.8) is 0 Å². The number of pyridine rings is 6. The standard InChI is InChI=1S/2C18H21N6P.CH2Cl2.2CHF3O3S.Fe/c2*1-22(16-10-4-7-13-19-16)25(23(2)17-11-5-8-14-20-17)24(3)18-12-6-9-15-21-18;2-1-3;2*2-1(3,4)8(5,6)7;/h2*4-15H,1-3H3;1H2;2*(H,5,6,7);/q;;;;;+2. The molecule has 0 aliphatic rings. The average Bonchev–Trinajstić information content (AvgIpc) is 3.32. The first-order valence-corrected chi connectivity index (χ1v) is 25.6. The molecule has 0 aliphatic carbocycles. The molecule has 0 spiro atoms. The van der Waals surface area contributed by atoms with Crippen LogP contribution in [0.3, 0.4) is 0 Å². The quantitative estimate of drug-likeness (QED) is 0.0280. The normalized spacial score (nSPS) is 11.0. The number of nitrogens with zero attached hydrogens (tertiary/aromatic N) is 12. The first-order chi connectivity index (χ1) is 32.3. The van der Waals surface area contributed by atoms with Gasteiger partial charge in [0.25, 0.3) is 16.7 Å². The fraction of sp³-hybridized carbons (Fsp3) is 0.231. The van der Waals surface area contributed by atoms with Crippen molar-refractivity contribution >= 4 is 95.1 Å². The summed E-state index contributed by atoms with van der Waals surface area (Å²) in [4.78, 5) is 27.1. The van der Waals surface area contributed by atoms with Crippen LogP contribution in [0.15, 0.2) is 146 Å². The van der Waals surface area contributed by atoms with E-state index >= 15 is 0 Å². The molecule has 6 aromatic heterocycles. The molecular formula is C39H46Cl2F6FeN12O6P2S2+2. The number of alkyl halides is 8. The molecule has 382 valence electrons. The van der Waals surface area contributed by atoms with Gasteiger partial charge in [0.1, 0.15) is 0 Å². The van der Waals surface area contributed by atoms with E-state index in [1.807, 2.05) is 146 Å². The number of hydrogen-bond acceptors (Lipinski definition) is 18. The first-order valence-electron chi connectivity index (χ1n) is 19.1. The third kappa shape index (κ3) is 20.4. The second kappa shape index (κ2) is 30.1. The molecule has 0 bridgehead atoms. The Labute approximate surface area is 425 Å². The van der Waals surface area contributed by atoms with Gasteiger partial charge in [-0.05, 0) is 72.8 Å². The summed E-state index contributed by atoms with van der Waals surface area (Å²) in [6, 6.07) is 35.7. The summed E-state index contributed by atoms with van der Waals surface area (Å²) in [5.41, 5.74) is -11.3. The minimum Gasteiger partial charge on any atom is -0.741 e. The van der Waals surface area contributed by atoms with Crippen LogP contribution in [-0.4, -0.2) is 114 Å². The van der Waals surface area contributed by atoms with Gasteiger partial charge in [0.15, 0.2) is 55.1 Å². The molecule has 0 saturated heterocycles. The monoisotopic (exact) mass is 1140 g/mol. The zero-order valence-corrected chi connectivity index (χ0v) is 43.8. The minimum absolute atomic E-state index is 0. The van der Waals surface area contributed by atoms with E-state index in [-0.39, 0.29) is 22.4 Å². The van der Waals surface area contributed by atoms with Crippen LogP contribution in [0.1, 0.15) is 0 Å². The van der Waals surface area contributed by atoms with Crippen LogP contribution in [0.2, 0.25) is 0 Å². The maximum absolute atomic E-state index is 10.7. The van der Waals surface area contributed by atoms with E-state index in [1.165, 1.54) is 0 Å². The molecule has 31 heteroatoms. The Morgan fingerprint density at radius 1 is 0.414 bits per heavy atom. The second-order valence-corrected chi connectivity index (χ2v) is 21.8. The Bertz CT molecular complexity index is 2190. The molecule has 6 aromatic rings. The van der Waals surface area contributed by atoms with Crippen molar-refractivity contribution in [2.24, 2.45) is 0 Å². The largest absolute Gasteiger partial charge is 2.00 e. The van der Waals surface area contributed by atoms with Gasteiger partial charge in [-0.2, -0.15) is 54.4 Å². The van der Waals surface area contributed by atoms with E-state index in [2.05, 4.69) is 100 Å². The van der Waals surface area contributed by atoms with Gasteiger partial charge < -0.3 is 9.11 Å². The Hall–Kier alpha value is -4.94. The van der Waals surface area contributed by atoms with E-state index < -0.39 is 48.0 Å². The Morgan fingerprint density at radius 2 is 0.543 bits per heavy atom. The number of rotatable bonds is 12. The summed E-state index contributed by atoms with van der Waals surface area (Å²) >= 11 is 9.53. The van der Waals surface area contributed by atoms with Crippen LogP contribution in [-0.2, 0) is 37.3 Å². The number of anilines is 6. The van der Waals surface area contributed by atoms with Crippen molar-refractivity contribution in [3.05, 3.63) is 146 Å². The molecule has 0 saturated carbocycles. The van der Waals surface area contributed by atoms with E-state index in [1.54, 1.807) is 0 Å². The van der Waals surface area contributed by atoms with Gasteiger partial charge in [-0.3, -0.25) is 0 Å². The van der Waals surface area contributed by atoms with Crippen LogP contribution in [0.4, 0.5) is 61.2 Å². The van der Waals surface area contributed by atoms with E-state index in [0.29, 0.717) is 0 Å². The van der Waals surface area contributed by atoms with Crippen molar-refractivity contribution in [1.29, 1.82) is 0 Å². The Morgan fingerprint density at radius 3 is 0.629 bits per heavy atom. The number of aromatic nitrogens is 6. The van der Waals surface area contributed by atoms with Crippen LogP contribution in [0.5, 0.6) is 0 Å². The summed E-state index contributed by atoms with van der Waals surface area (Å²) in [6.07, 6.45) is 10.9. The number of halogens is 8. The fourth-order valence-electron chi connectivity index (χ4n) is 5.28. The second-order valence-electron chi connectivity index (χ2n) is 13.0. The van der Waals surface area contributed by atoms with Crippen molar-refractivity contribution in [2.75, 3.05) is 75.6 Å². The molecule has 18 nitrogen and oxygen atoms in total. The third-order valence-corrected chi connectivity index (χ3v) is 14.4. The summed E-state index contributed by atoms with van der Waals surface area (Å²) < 4.78 is 131. The van der Waals surface area contributed by atoms with E-state index in [9.17, 15) is 26.3 Å². The van der Waals surface area contributed by atoms with Crippen molar-refractivity contribution < 1.29 is 69.4 Å². The maximum Gasteiger partial charge on any atom is 2.00 e. The Balaban J connectivity index is 0.000000509. The van der Waals surface area contributed by atoms with Crippen molar-refractivity contribution in [2.45, 2.75) is 11.0 Å². The SMILES string of the molecule is CN(c1ccccn1)[PH+](N(C)c1ccccn1)N(C)c1ccccn1.CN(c1ccccn1)[PH+](N(C)c1ccccn1)N(C)c1ccccn1.ClCCl.O=S(=O)([O-])C(F)(F)F.O=S(=O)([O-])C(F)(F)F.[Fe+2]. The molecule has 6 rings (SSSR count). The summed E-state index contributed by atoms with van der Waals surface area (Å²) in [6.45, 7) is 0. The summed E-state index contributed by atoms with van der Waals surface area (Å²) in [5, 5.41) is 0.194. The van der Waals surface area contributed by atoms with E-state index in [0.717, 1.165) is 34.9 Å². The smallest absolute Gasteiger partial charge is 0.741 e. The van der Waals surface area contributed by atoms with Crippen LogP contribution in [0, 0.1) is 0 Å². The molecule has 0 N–H and O–H groups in total. The van der Waals surface area contributed by atoms with Gasteiger partial charge in [-0.15, -0.1) is 23.2 Å². The van der Waals surface area contributed by atoms with Gasteiger partial charge in [-0.25, -0.2) is 46.7 Å². The summed E-state index contributed by atoms with van der Waals surface area (Å²) in [7, 11) is -2.63. The molecule has 0 radical (unpaired) electrons. The van der Waals surface area contributed by atoms with Crippen LogP contribution < -0.4 is 28.0 Å². The zero-order chi connectivity index (χ0) is 52.0. The van der Waals surface area contributed by atoms with Gasteiger partial charge >= 0.3 is 28.1 Å². The van der Waals surface area contributed by atoms with Crippen LogP contribution in [0.25, 0.3) is 0 Å².